The highest BCUT2D eigenvalue weighted by molar-refractivity contribution is 6.30. The first kappa shape index (κ1) is 16.5. The Bertz CT molecular complexity index is 478. The van der Waals surface area contributed by atoms with Crippen molar-refractivity contribution in [2.75, 3.05) is 13.1 Å². The largest absolute Gasteiger partial charge is 0.350 e. The van der Waals surface area contributed by atoms with Crippen LogP contribution in [0.2, 0.25) is 5.02 Å². The number of hydrogen-bond acceptors (Lipinski definition) is 2. The molecule has 0 unspecified atom stereocenters. The van der Waals surface area contributed by atoms with E-state index in [-0.39, 0.29) is 23.9 Å². The van der Waals surface area contributed by atoms with Crippen molar-refractivity contribution in [3.05, 3.63) is 34.9 Å². The van der Waals surface area contributed by atoms with Gasteiger partial charge in [0, 0.05) is 22.7 Å². The zero-order chi connectivity index (χ0) is 15.3. The molecule has 0 aliphatic heterocycles. The number of likely N-dealkylation sites (N-methyl/N-ethyl adjacent to an activating group) is 1. The van der Waals surface area contributed by atoms with Crippen molar-refractivity contribution >= 4 is 23.4 Å². The number of halogens is 1. The average Bonchev–Trinajstić information content (AvgIpc) is 2.34. The van der Waals surface area contributed by atoms with Crippen molar-refractivity contribution in [3.63, 3.8) is 0 Å². The van der Waals surface area contributed by atoms with Crippen LogP contribution in [-0.4, -0.2) is 35.3 Å². The SMILES string of the molecule is CCN(CC(=O)NC(C)(C)C)C(=O)c1ccc(Cl)cc1. The molecule has 0 saturated heterocycles. The van der Waals surface area contributed by atoms with Gasteiger partial charge in [-0.3, -0.25) is 9.59 Å². The maximum absolute atomic E-state index is 12.3. The van der Waals surface area contributed by atoms with E-state index in [0.29, 0.717) is 17.1 Å². The van der Waals surface area contributed by atoms with E-state index < -0.39 is 0 Å². The fraction of sp³-hybridized carbons (Fsp3) is 0.467. The van der Waals surface area contributed by atoms with Crippen LogP contribution in [0.5, 0.6) is 0 Å². The van der Waals surface area contributed by atoms with Crippen molar-refractivity contribution < 1.29 is 9.59 Å². The highest BCUT2D eigenvalue weighted by Gasteiger charge is 2.20. The van der Waals surface area contributed by atoms with Gasteiger partial charge in [-0.25, -0.2) is 0 Å². The molecule has 0 aliphatic rings. The molecule has 1 aromatic rings. The lowest BCUT2D eigenvalue weighted by atomic mass is 10.1. The molecule has 0 fully saturated rings. The molecule has 0 spiro atoms. The number of amides is 2. The molecule has 2 amide bonds. The van der Waals surface area contributed by atoms with Gasteiger partial charge in [-0.05, 0) is 52.0 Å². The molecule has 1 rings (SSSR count). The van der Waals surface area contributed by atoms with Gasteiger partial charge < -0.3 is 10.2 Å². The molecule has 4 nitrogen and oxygen atoms in total. The molecule has 110 valence electrons. The molecule has 20 heavy (non-hydrogen) atoms. The quantitative estimate of drug-likeness (QED) is 0.929. The van der Waals surface area contributed by atoms with Crippen molar-refractivity contribution in [2.24, 2.45) is 0 Å². The van der Waals surface area contributed by atoms with Gasteiger partial charge in [-0.15, -0.1) is 0 Å². The van der Waals surface area contributed by atoms with Crippen molar-refractivity contribution in [1.29, 1.82) is 0 Å². The van der Waals surface area contributed by atoms with Gasteiger partial charge >= 0.3 is 0 Å². The molecule has 1 aromatic carbocycles. The van der Waals surface area contributed by atoms with Crippen LogP contribution in [0.1, 0.15) is 38.1 Å². The number of benzene rings is 1. The summed E-state index contributed by atoms with van der Waals surface area (Å²) in [5.74, 6) is -0.338. The number of carbonyl (C=O) groups excluding carboxylic acids is 2. The third kappa shape index (κ3) is 5.21. The summed E-state index contributed by atoms with van der Waals surface area (Å²) in [7, 11) is 0. The van der Waals surface area contributed by atoms with Crippen LogP contribution in [0, 0.1) is 0 Å². The summed E-state index contributed by atoms with van der Waals surface area (Å²) in [5, 5.41) is 3.42. The van der Waals surface area contributed by atoms with E-state index in [0.717, 1.165) is 0 Å². The smallest absolute Gasteiger partial charge is 0.254 e. The number of rotatable bonds is 4. The Balaban J connectivity index is 2.73. The van der Waals surface area contributed by atoms with Gasteiger partial charge in [0.25, 0.3) is 5.91 Å². The van der Waals surface area contributed by atoms with E-state index in [9.17, 15) is 9.59 Å². The fourth-order valence-electron chi connectivity index (χ4n) is 1.73. The standard InChI is InChI=1S/C15H21ClN2O2/c1-5-18(10-13(19)17-15(2,3)4)14(20)11-6-8-12(16)9-7-11/h6-9H,5,10H2,1-4H3,(H,17,19). The highest BCUT2D eigenvalue weighted by Crippen LogP contribution is 2.11. The highest BCUT2D eigenvalue weighted by atomic mass is 35.5. The Morgan fingerprint density at radius 2 is 1.75 bits per heavy atom. The third-order valence-electron chi connectivity index (χ3n) is 2.61. The lowest BCUT2D eigenvalue weighted by Crippen LogP contribution is -2.47. The van der Waals surface area contributed by atoms with Crippen LogP contribution in [0.4, 0.5) is 0 Å². The maximum atomic E-state index is 12.3. The van der Waals surface area contributed by atoms with E-state index >= 15 is 0 Å². The van der Waals surface area contributed by atoms with E-state index in [2.05, 4.69) is 5.32 Å². The van der Waals surface area contributed by atoms with Gasteiger partial charge in [0.15, 0.2) is 0 Å². The molecule has 0 bridgehead atoms. The number of nitrogens with zero attached hydrogens (tertiary/aromatic N) is 1. The van der Waals surface area contributed by atoms with Crippen LogP contribution < -0.4 is 5.32 Å². The molecular weight excluding hydrogens is 276 g/mol. The first-order valence-electron chi connectivity index (χ1n) is 6.59. The summed E-state index contributed by atoms with van der Waals surface area (Å²) in [6.45, 7) is 8.08. The number of carbonyl (C=O) groups is 2. The topological polar surface area (TPSA) is 49.4 Å². The molecule has 0 atom stereocenters. The minimum atomic E-state index is -0.306. The molecule has 0 aromatic heterocycles. The zero-order valence-electron chi connectivity index (χ0n) is 12.4. The molecule has 0 aliphatic carbocycles. The summed E-state index contributed by atoms with van der Waals surface area (Å²) >= 11 is 5.80. The third-order valence-corrected chi connectivity index (χ3v) is 2.86. The monoisotopic (exact) mass is 296 g/mol. The van der Waals surface area contributed by atoms with Crippen LogP contribution in [-0.2, 0) is 4.79 Å². The number of hydrogen-bond donors (Lipinski definition) is 1. The molecule has 0 heterocycles. The second kappa shape index (κ2) is 6.75. The summed E-state index contributed by atoms with van der Waals surface area (Å²) in [5.41, 5.74) is 0.222. The Hall–Kier alpha value is -1.55. The summed E-state index contributed by atoms with van der Waals surface area (Å²) in [4.78, 5) is 25.7. The van der Waals surface area contributed by atoms with Gasteiger partial charge in [-0.2, -0.15) is 0 Å². The second-order valence-electron chi connectivity index (χ2n) is 5.62. The Morgan fingerprint density at radius 1 is 1.20 bits per heavy atom. The van der Waals surface area contributed by atoms with E-state index in [1.54, 1.807) is 24.3 Å². The second-order valence-corrected chi connectivity index (χ2v) is 6.06. The zero-order valence-corrected chi connectivity index (χ0v) is 13.1. The van der Waals surface area contributed by atoms with Crippen molar-refractivity contribution in [2.45, 2.75) is 33.2 Å². The van der Waals surface area contributed by atoms with Crippen LogP contribution in [0.25, 0.3) is 0 Å². The Kier molecular flexibility index (Phi) is 5.57. The maximum Gasteiger partial charge on any atom is 0.254 e. The van der Waals surface area contributed by atoms with E-state index in [1.165, 1.54) is 4.90 Å². The fourth-order valence-corrected chi connectivity index (χ4v) is 1.86. The summed E-state index contributed by atoms with van der Waals surface area (Å²) < 4.78 is 0. The Labute approximate surface area is 125 Å². The van der Waals surface area contributed by atoms with Gasteiger partial charge in [-0.1, -0.05) is 11.6 Å². The van der Waals surface area contributed by atoms with Gasteiger partial charge in [0.2, 0.25) is 5.91 Å². The predicted molar refractivity (Wildman–Crippen MR) is 80.9 cm³/mol. The molecular formula is C15H21ClN2O2. The van der Waals surface area contributed by atoms with E-state index in [4.69, 9.17) is 11.6 Å². The summed E-state index contributed by atoms with van der Waals surface area (Å²) in [6, 6.07) is 6.65. The normalized spacial score (nSPS) is 11.1. The van der Waals surface area contributed by atoms with Gasteiger partial charge in [0.05, 0.1) is 6.54 Å². The lowest BCUT2D eigenvalue weighted by molar-refractivity contribution is -0.123. The molecule has 0 radical (unpaired) electrons. The minimum Gasteiger partial charge on any atom is -0.350 e. The van der Waals surface area contributed by atoms with Crippen LogP contribution >= 0.6 is 11.6 Å². The Morgan fingerprint density at radius 3 is 2.20 bits per heavy atom. The minimum absolute atomic E-state index is 0.0508. The average molecular weight is 297 g/mol. The van der Waals surface area contributed by atoms with Crippen LogP contribution in [0.3, 0.4) is 0 Å². The molecule has 0 saturated carbocycles. The lowest BCUT2D eigenvalue weighted by Gasteiger charge is -2.25. The van der Waals surface area contributed by atoms with Crippen molar-refractivity contribution in [3.8, 4) is 0 Å². The van der Waals surface area contributed by atoms with Gasteiger partial charge in [0.1, 0.15) is 0 Å². The number of nitrogens with one attached hydrogen (secondary N) is 1. The van der Waals surface area contributed by atoms with E-state index in [1.807, 2.05) is 27.7 Å². The first-order valence-corrected chi connectivity index (χ1v) is 6.96. The van der Waals surface area contributed by atoms with Crippen molar-refractivity contribution in [1.82, 2.24) is 10.2 Å². The predicted octanol–water partition coefficient (Wildman–Crippen LogP) is 2.72. The summed E-state index contributed by atoms with van der Waals surface area (Å²) in [6.07, 6.45) is 0. The first-order chi connectivity index (χ1) is 9.23. The molecule has 1 N–H and O–H groups in total. The van der Waals surface area contributed by atoms with Crippen LogP contribution in [0.15, 0.2) is 24.3 Å². The molecule has 5 heteroatoms.